The Bertz CT molecular complexity index is 1510. The molecule has 2 aromatic carbocycles. The minimum absolute atomic E-state index is 0.286. The van der Waals surface area contributed by atoms with Crippen LogP contribution < -0.4 is 10.2 Å². The Morgan fingerprint density at radius 2 is 1.80 bits per heavy atom. The molecule has 0 saturated carbocycles. The number of morpholine rings is 1. The summed E-state index contributed by atoms with van der Waals surface area (Å²) in [7, 11) is -3.47. The van der Waals surface area contributed by atoms with Gasteiger partial charge in [-0.1, -0.05) is 0 Å². The van der Waals surface area contributed by atoms with Crippen molar-refractivity contribution in [2.45, 2.75) is 6.92 Å². The second-order valence-corrected chi connectivity index (χ2v) is 10.0. The Hall–Kier alpha value is -3.70. The largest absolute Gasteiger partial charge is 0.450 e. The van der Waals surface area contributed by atoms with Gasteiger partial charge in [-0.25, -0.2) is 27.2 Å². The lowest BCUT2D eigenvalue weighted by Crippen LogP contribution is -2.37. The monoisotopic (exact) mass is 495 g/mol. The molecule has 1 amide bonds. The molecule has 35 heavy (non-hydrogen) atoms. The zero-order valence-electron chi connectivity index (χ0n) is 19.4. The molecule has 1 fully saturated rings. The fraction of sp³-hybridized carbons (Fsp3) is 0.292. The van der Waals surface area contributed by atoms with Crippen LogP contribution in [0.4, 0.5) is 16.3 Å². The van der Waals surface area contributed by atoms with Crippen LogP contribution in [0.2, 0.25) is 0 Å². The lowest BCUT2D eigenvalue weighted by molar-refractivity contribution is 0.122. The Morgan fingerprint density at radius 1 is 1.06 bits per heavy atom. The topological polar surface area (TPSA) is 116 Å². The van der Waals surface area contributed by atoms with E-state index in [4.69, 9.17) is 19.4 Å². The number of aromatic nitrogens is 3. The Labute approximate surface area is 202 Å². The summed E-state index contributed by atoms with van der Waals surface area (Å²) < 4.78 is 36.2. The van der Waals surface area contributed by atoms with Gasteiger partial charge in [0.1, 0.15) is 5.82 Å². The predicted octanol–water partition coefficient (Wildman–Crippen LogP) is 3.46. The summed E-state index contributed by atoms with van der Waals surface area (Å²) in [5.41, 5.74) is 2.58. The van der Waals surface area contributed by atoms with Crippen LogP contribution in [0.5, 0.6) is 0 Å². The number of anilines is 2. The third-order valence-corrected chi connectivity index (χ3v) is 6.84. The van der Waals surface area contributed by atoms with Gasteiger partial charge in [0, 0.05) is 41.3 Å². The standard InChI is InChI=1S/C24H25N5O5S/c1-3-34-24(30)25-17-6-4-16(5-7-17)22-26-21-18-10-11-29(35(2,31)32)20(18)9-8-19(21)23(27-22)28-12-14-33-15-13-28/h4-11H,3,12-15H2,1-2H3,(H,25,30). The summed E-state index contributed by atoms with van der Waals surface area (Å²) in [5.74, 6) is 1.28. The highest BCUT2D eigenvalue weighted by molar-refractivity contribution is 7.89. The average molecular weight is 496 g/mol. The number of amides is 1. The second-order valence-electron chi connectivity index (χ2n) is 8.16. The summed E-state index contributed by atoms with van der Waals surface area (Å²) in [5, 5.41) is 4.24. The number of carbonyl (C=O) groups excluding carboxylic acids is 1. The van der Waals surface area contributed by atoms with E-state index in [1.165, 1.54) is 10.2 Å². The van der Waals surface area contributed by atoms with Crippen molar-refractivity contribution < 1.29 is 22.7 Å². The van der Waals surface area contributed by atoms with Crippen LogP contribution in [-0.4, -0.2) is 67.6 Å². The van der Waals surface area contributed by atoms with Crippen molar-refractivity contribution in [1.29, 1.82) is 0 Å². The van der Waals surface area contributed by atoms with Crippen LogP contribution >= 0.6 is 0 Å². The van der Waals surface area contributed by atoms with Crippen LogP contribution in [0.1, 0.15) is 6.92 Å². The van der Waals surface area contributed by atoms with Gasteiger partial charge in [0.05, 0.1) is 37.1 Å². The number of fused-ring (bicyclic) bond motifs is 3. The number of benzene rings is 2. The zero-order valence-corrected chi connectivity index (χ0v) is 20.2. The molecule has 0 radical (unpaired) electrons. The lowest BCUT2D eigenvalue weighted by atomic mass is 10.1. The summed E-state index contributed by atoms with van der Waals surface area (Å²) in [6.45, 7) is 4.61. The highest BCUT2D eigenvalue weighted by atomic mass is 32.2. The number of carbonyl (C=O) groups is 1. The number of hydrogen-bond donors (Lipinski definition) is 1. The minimum atomic E-state index is -3.47. The summed E-state index contributed by atoms with van der Waals surface area (Å²) in [6, 6.07) is 12.6. The first kappa shape index (κ1) is 23.1. The lowest BCUT2D eigenvalue weighted by Gasteiger charge is -2.29. The number of nitrogens with one attached hydrogen (secondary N) is 1. The molecule has 5 rings (SSSR count). The fourth-order valence-electron chi connectivity index (χ4n) is 4.19. The summed E-state index contributed by atoms with van der Waals surface area (Å²) in [4.78, 5) is 23.6. The van der Waals surface area contributed by atoms with Gasteiger partial charge in [-0.15, -0.1) is 0 Å². The maximum atomic E-state index is 12.3. The molecule has 0 bridgehead atoms. The van der Waals surface area contributed by atoms with Crippen molar-refractivity contribution in [1.82, 2.24) is 13.9 Å². The smallest absolute Gasteiger partial charge is 0.411 e. The highest BCUT2D eigenvalue weighted by Crippen LogP contribution is 2.34. The van der Waals surface area contributed by atoms with Gasteiger partial charge in [-0.2, -0.15) is 0 Å². The van der Waals surface area contributed by atoms with Crippen LogP contribution in [0.25, 0.3) is 33.2 Å². The molecule has 0 spiro atoms. The van der Waals surface area contributed by atoms with E-state index in [1.807, 2.05) is 18.2 Å². The number of ether oxygens (including phenoxy) is 2. The fourth-order valence-corrected chi connectivity index (χ4v) is 4.99. The molecule has 0 aliphatic carbocycles. The number of nitrogens with zero attached hydrogens (tertiary/aromatic N) is 4. The van der Waals surface area contributed by atoms with E-state index in [9.17, 15) is 13.2 Å². The van der Waals surface area contributed by atoms with E-state index in [-0.39, 0.29) is 6.61 Å². The van der Waals surface area contributed by atoms with Crippen molar-refractivity contribution in [3.05, 3.63) is 48.7 Å². The molecule has 1 aliphatic heterocycles. The predicted molar refractivity (Wildman–Crippen MR) is 134 cm³/mol. The van der Waals surface area contributed by atoms with E-state index >= 15 is 0 Å². The maximum Gasteiger partial charge on any atom is 0.411 e. The van der Waals surface area contributed by atoms with Gasteiger partial charge in [0.2, 0.25) is 10.0 Å². The third kappa shape index (κ3) is 4.52. The van der Waals surface area contributed by atoms with Gasteiger partial charge in [-0.3, -0.25) is 5.32 Å². The molecular weight excluding hydrogens is 470 g/mol. The first-order valence-corrected chi connectivity index (χ1v) is 13.1. The average Bonchev–Trinajstić information content (AvgIpc) is 3.30. The first-order chi connectivity index (χ1) is 16.8. The van der Waals surface area contributed by atoms with Gasteiger partial charge < -0.3 is 14.4 Å². The third-order valence-electron chi connectivity index (χ3n) is 5.81. The maximum absolute atomic E-state index is 12.3. The quantitative estimate of drug-likeness (QED) is 0.448. The van der Waals surface area contributed by atoms with Crippen molar-refractivity contribution in [3.63, 3.8) is 0 Å². The van der Waals surface area contributed by atoms with Gasteiger partial charge in [0.15, 0.2) is 5.82 Å². The van der Waals surface area contributed by atoms with Gasteiger partial charge in [-0.05, 0) is 49.4 Å². The molecule has 11 heteroatoms. The van der Waals surface area contributed by atoms with E-state index in [0.717, 1.165) is 22.2 Å². The van der Waals surface area contributed by atoms with Crippen molar-refractivity contribution >= 4 is 49.4 Å². The van der Waals surface area contributed by atoms with Crippen LogP contribution in [0.15, 0.2) is 48.7 Å². The Kier molecular flexibility index (Phi) is 6.03. The van der Waals surface area contributed by atoms with Gasteiger partial charge in [0.25, 0.3) is 0 Å². The Morgan fingerprint density at radius 3 is 2.49 bits per heavy atom. The molecule has 2 aromatic heterocycles. The molecule has 1 N–H and O–H groups in total. The first-order valence-electron chi connectivity index (χ1n) is 11.2. The SMILES string of the molecule is CCOC(=O)Nc1ccc(-c2nc(N3CCOCC3)c3ccc4c(ccn4S(C)(=O)=O)c3n2)cc1. The molecule has 4 aromatic rings. The van der Waals surface area contributed by atoms with Gasteiger partial charge >= 0.3 is 6.09 Å². The number of hydrogen-bond acceptors (Lipinski definition) is 8. The molecule has 1 aliphatic rings. The molecule has 1 saturated heterocycles. The van der Waals surface area contributed by atoms with Crippen LogP contribution in [0.3, 0.4) is 0 Å². The normalized spacial score (nSPS) is 14.4. The van der Waals surface area contributed by atoms with Crippen LogP contribution in [-0.2, 0) is 19.5 Å². The minimum Gasteiger partial charge on any atom is -0.450 e. The van der Waals surface area contributed by atoms with Crippen LogP contribution in [0, 0.1) is 0 Å². The van der Waals surface area contributed by atoms with Crippen molar-refractivity contribution in [3.8, 4) is 11.4 Å². The van der Waals surface area contributed by atoms with E-state index < -0.39 is 16.1 Å². The number of rotatable bonds is 5. The molecule has 182 valence electrons. The summed E-state index contributed by atoms with van der Waals surface area (Å²) >= 11 is 0. The molecular formula is C24H25N5O5S. The summed E-state index contributed by atoms with van der Waals surface area (Å²) in [6.07, 6.45) is 2.20. The highest BCUT2D eigenvalue weighted by Gasteiger charge is 2.21. The molecule has 0 unspecified atom stereocenters. The Balaban J connectivity index is 1.65. The zero-order chi connectivity index (χ0) is 24.6. The van der Waals surface area contributed by atoms with E-state index in [2.05, 4.69) is 10.2 Å². The van der Waals surface area contributed by atoms with Crippen molar-refractivity contribution in [2.24, 2.45) is 0 Å². The van der Waals surface area contributed by atoms with E-state index in [0.29, 0.717) is 48.8 Å². The second kappa shape index (κ2) is 9.16. The van der Waals surface area contributed by atoms with Crippen molar-refractivity contribution in [2.75, 3.05) is 49.4 Å². The molecule has 10 nitrogen and oxygen atoms in total. The molecule has 0 atom stereocenters. The van der Waals surface area contributed by atoms with E-state index in [1.54, 1.807) is 37.4 Å². The molecule has 3 heterocycles.